The zero-order valence-corrected chi connectivity index (χ0v) is 12.2. The highest BCUT2D eigenvalue weighted by Crippen LogP contribution is 2.14. The molecule has 1 saturated heterocycles. The number of pyridine rings is 1. The normalized spacial score (nSPS) is 16.3. The molecular weight excluding hydrogens is 258 g/mol. The highest BCUT2D eigenvalue weighted by Gasteiger charge is 2.21. The molecule has 1 aliphatic heterocycles. The summed E-state index contributed by atoms with van der Waals surface area (Å²) < 4.78 is 0. The fourth-order valence-electron chi connectivity index (χ4n) is 2.23. The molecule has 2 rings (SSSR count). The van der Waals surface area contributed by atoms with Crippen molar-refractivity contribution in [3.05, 3.63) is 30.1 Å². The van der Waals surface area contributed by atoms with Crippen LogP contribution in [0.1, 0.15) is 18.5 Å². The lowest BCUT2D eigenvalue weighted by molar-refractivity contribution is -0.129. The van der Waals surface area contributed by atoms with Gasteiger partial charge < -0.3 is 10.2 Å². The Morgan fingerprint density at radius 3 is 2.95 bits per heavy atom. The minimum absolute atomic E-state index is 0.229. The van der Waals surface area contributed by atoms with Gasteiger partial charge in [0.25, 0.3) is 0 Å². The summed E-state index contributed by atoms with van der Waals surface area (Å²) in [5, 5.41) is 3.32. The first-order valence-corrected chi connectivity index (χ1v) is 7.87. The van der Waals surface area contributed by atoms with E-state index in [2.05, 4.69) is 10.3 Å². The number of carbonyl (C=O) groups is 1. The topological polar surface area (TPSA) is 45.2 Å². The number of carbonyl (C=O) groups excluding carboxylic acids is 1. The largest absolute Gasteiger partial charge is 0.342 e. The molecule has 0 aromatic carbocycles. The van der Waals surface area contributed by atoms with Gasteiger partial charge in [0, 0.05) is 25.0 Å². The van der Waals surface area contributed by atoms with Gasteiger partial charge in [0.15, 0.2) is 0 Å². The maximum atomic E-state index is 12.1. The van der Waals surface area contributed by atoms with Crippen molar-refractivity contribution >= 4 is 17.7 Å². The van der Waals surface area contributed by atoms with Crippen molar-refractivity contribution < 1.29 is 4.79 Å². The number of aromatic nitrogens is 1. The van der Waals surface area contributed by atoms with Crippen LogP contribution in [0.2, 0.25) is 0 Å². The van der Waals surface area contributed by atoms with Crippen molar-refractivity contribution in [2.24, 2.45) is 0 Å². The van der Waals surface area contributed by atoms with Gasteiger partial charge in [0.05, 0.1) is 11.4 Å². The quantitative estimate of drug-likeness (QED) is 0.888. The van der Waals surface area contributed by atoms with Gasteiger partial charge in [-0.2, -0.15) is 0 Å². The Kier molecular flexibility index (Phi) is 5.66. The third-order valence-corrected chi connectivity index (χ3v) is 4.40. The Bertz CT molecular complexity index is 393. The summed E-state index contributed by atoms with van der Waals surface area (Å²) in [7, 11) is 1.93. The molecule has 0 unspecified atom stereocenters. The molecule has 1 amide bonds. The SMILES string of the molecule is CN(C(=O)CSCc1ccccn1)C1CCNCC1. The predicted octanol–water partition coefficient (Wildman–Crippen LogP) is 1.53. The van der Waals surface area contributed by atoms with Crippen LogP contribution in [-0.2, 0) is 10.5 Å². The molecule has 0 spiro atoms. The second kappa shape index (κ2) is 7.50. The predicted molar refractivity (Wildman–Crippen MR) is 79.1 cm³/mol. The van der Waals surface area contributed by atoms with Crippen LogP contribution in [0, 0.1) is 0 Å². The van der Waals surface area contributed by atoms with E-state index in [1.807, 2.05) is 30.1 Å². The van der Waals surface area contributed by atoms with Gasteiger partial charge in [-0.25, -0.2) is 0 Å². The number of amides is 1. The smallest absolute Gasteiger partial charge is 0.232 e. The standard InChI is InChI=1S/C14H21N3OS/c1-17(13-5-8-15-9-6-13)14(18)11-19-10-12-4-2-3-7-16-12/h2-4,7,13,15H,5-6,8-11H2,1H3. The third-order valence-electron chi connectivity index (χ3n) is 3.45. The van der Waals surface area contributed by atoms with Crippen molar-refractivity contribution in [3.8, 4) is 0 Å². The van der Waals surface area contributed by atoms with Gasteiger partial charge in [0.2, 0.25) is 5.91 Å². The fourth-order valence-corrected chi connectivity index (χ4v) is 3.09. The molecule has 1 aliphatic rings. The summed E-state index contributed by atoms with van der Waals surface area (Å²) in [6.07, 6.45) is 3.92. The second-order valence-electron chi connectivity index (χ2n) is 4.80. The van der Waals surface area contributed by atoms with Crippen molar-refractivity contribution in [2.75, 3.05) is 25.9 Å². The van der Waals surface area contributed by atoms with Crippen molar-refractivity contribution in [1.82, 2.24) is 15.2 Å². The minimum atomic E-state index is 0.229. The van der Waals surface area contributed by atoms with E-state index in [0.29, 0.717) is 11.8 Å². The summed E-state index contributed by atoms with van der Waals surface area (Å²) in [4.78, 5) is 18.3. The van der Waals surface area contributed by atoms with E-state index in [0.717, 1.165) is 37.4 Å². The zero-order valence-electron chi connectivity index (χ0n) is 11.3. The van der Waals surface area contributed by atoms with E-state index in [4.69, 9.17) is 0 Å². The highest BCUT2D eigenvalue weighted by atomic mass is 32.2. The number of hydrogen-bond donors (Lipinski definition) is 1. The number of rotatable bonds is 5. The maximum Gasteiger partial charge on any atom is 0.232 e. The first-order chi connectivity index (χ1) is 9.27. The van der Waals surface area contributed by atoms with Crippen LogP contribution in [0.15, 0.2) is 24.4 Å². The summed E-state index contributed by atoms with van der Waals surface area (Å²) in [5.74, 6) is 1.57. The van der Waals surface area contributed by atoms with E-state index in [-0.39, 0.29) is 5.91 Å². The number of piperidine rings is 1. The van der Waals surface area contributed by atoms with Crippen LogP contribution in [0.3, 0.4) is 0 Å². The third kappa shape index (κ3) is 4.51. The van der Waals surface area contributed by atoms with E-state index < -0.39 is 0 Å². The molecule has 5 heteroatoms. The minimum Gasteiger partial charge on any atom is -0.342 e. The van der Waals surface area contributed by atoms with Crippen LogP contribution in [0.4, 0.5) is 0 Å². The molecule has 1 aromatic heterocycles. The van der Waals surface area contributed by atoms with Crippen LogP contribution in [0.5, 0.6) is 0 Å². The van der Waals surface area contributed by atoms with Crippen LogP contribution in [-0.4, -0.2) is 47.7 Å². The van der Waals surface area contributed by atoms with Gasteiger partial charge in [0.1, 0.15) is 0 Å². The molecule has 4 nitrogen and oxygen atoms in total. The monoisotopic (exact) mass is 279 g/mol. The molecule has 19 heavy (non-hydrogen) atoms. The Balaban J connectivity index is 1.71. The average Bonchev–Trinajstić information content (AvgIpc) is 2.48. The molecule has 2 heterocycles. The molecule has 0 radical (unpaired) electrons. The molecular formula is C14H21N3OS. The van der Waals surface area contributed by atoms with Gasteiger partial charge >= 0.3 is 0 Å². The molecule has 104 valence electrons. The van der Waals surface area contributed by atoms with E-state index >= 15 is 0 Å². The molecule has 0 atom stereocenters. The zero-order chi connectivity index (χ0) is 13.5. The molecule has 1 aromatic rings. The lowest BCUT2D eigenvalue weighted by Gasteiger charge is -2.31. The number of nitrogens with one attached hydrogen (secondary N) is 1. The van der Waals surface area contributed by atoms with E-state index in [9.17, 15) is 4.79 Å². The summed E-state index contributed by atoms with van der Waals surface area (Å²) in [6.45, 7) is 2.03. The van der Waals surface area contributed by atoms with Gasteiger partial charge in [-0.15, -0.1) is 11.8 Å². The first kappa shape index (κ1) is 14.3. The second-order valence-corrected chi connectivity index (χ2v) is 5.79. The summed E-state index contributed by atoms with van der Waals surface area (Å²) >= 11 is 1.64. The average molecular weight is 279 g/mol. The first-order valence-electron chi connectivity index (χ1n) is 6.71. The van der Waals surface area contributed by atoms with Gasteiger partial charge in [-0.05, 0) is 38.1 Å². The van der Waals surface area contributed by atoms with E-state index in [1.165, 1.54) is 0 Å². The molecule has 1 N–H and O–H groups in total. The number of thioether (sulfide) groups is 1. The Morgan fingerprint density at radius 2 is 2.26 bits per heavy atom. The summed E-state index contributed by atoms with van der Waals surface area (Å²) in [6, 6.07) is 6.29. The van der Waals surface area contributed by atoms with Crippen molar-refractivity contribution in [1.29, 1.82) is 0 Å². The number of nitrogens with zero attached hydrogens (tertiary/aromatic N) is 2. The Hall–Kier alpha value is -1.07. The number of hydrogen-bond acceptors (Lipinski definition) is 4. The van der Waals surface area contributed by atoms with Crippen LogP contribution < -0.4 is 5.32 Å². The van der Waals surface area contributed by atoms with Crippen molar-refractivity contribution in [2.45, 2.75) is 24.6 Å². The molecule has 0 bridgehead atoms. The van der Waals surface area contributed by atoms with Gasteiger partial charge in [-0.3, -0.25) is 9.78 Å². The van der Waals surface area contributed by atoms with Crippen molar-refractivity contribution in [3.63, 3.8) is 0 Å². The molecule has 1 fully saturated rings. The molecule has 0 aliphatic carbocycles. The van der Waals surface area contributed by atoms with E-state index in [1.54, 1.807) is 18.0 Å². The van der Waals surface area contributed by atoms with Crippen LogP contribution >= 0.6 is 11.8 Å². The Morgan fingerprint density at radius 1 is 1.47 bits per heavy atom. The maximum absolute atomic E-state index is 12.1. The van der Waals surface area contributed by atoms with Crippen LogP contribution in [0.25, 0.3) is 0 Å². The lowest BCUT2D eigenvalue weighted by Crippen LogP contribution is -2.44. The lowest BCUT2D eigenvalue weighted by atomic mass is 10.1. The fraction of sp³-hybridized carbons (Fsp3) is 0.571. The summed E-state index contributed by atoms with van der Waals surface area (Å²) in [5.41, 5.74) is 1.03. The molecule has 0 saturated carbocycles. The van der Waals surface area contributed by atoms with Gasteiger partial charge in [-0.1, -0.05) is 6.07 Å². The Labute approximate surface area is 119 Å². The highest BCUT2D eigenvalue weighted by molar-refractivity contribution is 7.99.